The van der Waals surface area contributed by atoms with Crippen molar-refractivity contribution < 1.29 is 33.3 Å². The number of allylic oxidation sites excluding steroid dienone is 2. The molecule has 0 aromatic heterocycles. The van der Waals surface area contributed by atoms with E-state index < -0.39 is 17.0 Å². The topological polar surface area (TPSA) is 91.4 Å². The summed E-state index contributed by atoms with van der Waals surface area (Å²) in [5.74, 6) is 0.802. The monoisotopic (exact) mass is 495 g/mol. The van der Waals surface area contributed by atoms with Crippen LogP contribution in [0.2, 0.25) is 0 Å². The van der Waals surface area contributed by atoms with Gasteiger partial charge in [0.2, 0.25) is 5.91 Å². The van der Waals surface area contributed by atoms with E-state index in [9.17, 15) is 14.4 Å². The molecule has 0 fully saturated rings. The Morgan fingerprint density at radius 2 is 1.11 bits per heavy atom. The Bertz CT molecular complexity index is 1090. The van der Waals surface area contributed by atoms with Crippen molar-refractivity contribution in [3.63, 3.8) is 0 Å². The van der Waals surface area contributed by atoms with Gasteiger partial charge in [-0.25, -0.2) is 0 Å². The third kappa shape index (κ3) is 6.75. The molecule has 192 valence electrons. The molecule has 0 aliphatic heterocycles. The lowest BCUT2D eigenvalue weighted by Crippen LogP contribution is -2.39. The molecule has 0 bridgehead atoms. The average Bonchev–Trinajstić information content (AvgIpc) is 2.89. The van der Waals surface area contributed by atoms with Gasteiger partial charge < -0.3 is 23.8 Å². The van der Waals surface area contributed by atoms with E-state index in [0.29, 0.717) is 34.1 Å². The zero-order valence-corrected chi connectivity index (χ0v) is 21.8. The molecular formula is C28H33NO7. The highest BCUT2D eigenvalue weighted by Gasteiger charge is 2.40. The van der Waals surface area contributed by atoms with Gasteiger partial charge in [-0.1, -0.05) is 24.3 Å². The molecule has 0 aliphatic rings. The maximum absolute atomic E-state index is 13.3. The Hall–Kier alpha value is -4.07. The van der Waals surface area contributed by atoms with Crippen LogP contribution in [0.5, 0.6) is 23.0 Å². The second-order valence-electron chi connectivity index (χ2n) is 8.42. The third-order valence-corrected chi connectivity index (χ3v) is 5.76. The van der Waals surface area contributed by atoms with Crippen molar-refractivity contribution in [2.45, 2.75) is 13.3 Å². The summed E-state index contributed by atoms with van der Waals surface area (Å²) in [7, 11) is 9.26. The number of ether oxygens (including phenoxy) is 4. The summed E-state index contributed by atoms with van der Waals surface area (Å²) in [6, 6.07) is 10.4. The summed E-state index contributed by atoms with van der Waals surface area (Å²) in [5.41, 5.74) is -0.243. The fraction of sp³-hybridized carbons (Fsp3) is 0.321. The summed E-state index contributed by atoms with van der Waals surface area (Å²) in [4.78, 5) is 40.5. The molecule has 2 aromatic carbocycles. The Kier molecular flexibility index (Phi) is 9.84. The lowest BCUT2D eigenvalue weighted by atomic mass is 9.77. The molecule has 36 heavy (non-hydrogen) atoms. The molecule has 2 aromatic rings. The minimum atomic E-state index is -1.60. The molecule has 0 heterocycles. The second-order valence-corrected chi connectivity index (χ2v) is 8.42. The number of nitrogens with zero attached hydrogens (tertiary/aromatic N) is 1. The standard InChI is InChI=1S/C28H33NO7/c1-28(18-27(32)29(2)3,25(30)14-10-19-8-12-21(33-4)23(16-19)35-6)26(31)15-11-20-9-13-22(34-5)24(17-20)36-7/h8-17H,18H2,1-7H3/b14-10+,15-11+. The first kappa shape index (κ1) is 28.2. The fourth-order valence-electron chi connectivity index (χ4n) is 3.38. The van der Waals surface area contributed by atoms with Crippen molar-refractivity contribution >= 4 is 29.6 Å². The second kappa shape index (κ2) is 12.6. The quantitative estimate of drug-likeness (QED) is 0.324. The Morgan fingerprint density at radius 1 is 0.722 bits per heavy atom. The number of hydrogen-bond acceptors (Lipinski definition) is 7. The van der Waals surface area contributed by atoms with Gasteiger partial charge >= 0.3 is 0 Å². The molecule has 2 rings (SSSR count). The predicted octanol–water partition coefficient (Wildman–Crippen LogP) is 4.07. The average molecular weight is 496 g/mol. The summed E-state index contributed by atoms with van der Waals surface area (Å²) in [5, 5.41) is 0. The largest absolute Gasteiger partial charge is 0.493 e. The zero-order chi connectivity index (χ0) is 26.9. The van der Waals surface area contributed by atoms with Crippen LogP contribution < -0.4 is 18.9 Å². The van der Waals surface area contributed by atoms with Crippen LogP contribution in [0.25, 0.3) is 12.2 Å². The van der Waals surface area contributed by atoms with Crippen LogP contribution in [0, 0.1) is 5.41 Å². The summed E-state index contributed by atoms with van der Waals surface area (Å²) in [6.07, 6.45) is 5.50. The highest BCUT2D eigenvalue weighted by molar-refractivity contribution is 6.18. The van der Waals surface area contributed by atoms with Gasteiger partial charge in [0.25, 0.3) is 0 Å². The molecule has 0 radical (unpaired) electrons. The Balaban J connectivity index is 2.37. The number of hydrogen-bond donors (Lipinski definition) is 0. The van der Waals surface area contributed by atoms with Crippen molar-refractivity contribution in [1.29, 1.82) is 0 Å². The van der Waals surface area contributed by atoms with Crippen molar-refractivity contribution in [2.24, 2.45) is 5.41 Å². The van der Waals surface area contributed by atoms with Gasteiger partial charge in [0.15, 0.2) is 34.6 Å². The van der Waals surface area contributed by atoms with Crippen LogP contribution >= 0.6 is 0 Å². The molecule has 1 amide bonds. The highest BCUT2D eigenvalue weighted by atomic mass is 16.5. The first-order valence-corrected chi connectivity index (χ1v) is 11.2. The van der Waals surface area contributed by atoms with Crippen molar-refractivity contribution in [2.75, 3.05) is 42.5 Å². The van der Waals surface area contributed by atoms with Crippen molar-refractivity contribution in [1.82, 2.24) is 4.90 Å². The van der Waals surface area contributed by atoms with E-state index in [0.717, 1.165) is 0 Å². The number of rotatable bonds is 12. The first-order valence-electron chi connectivity index (χ1n) is 11.2. The van der Waals surface area contributed by atoms with Gasteiger partial charge in [-0.05, 0) is 54.5 Å². The van der Waals surface area contributed by atoms with Gasteiger partial charge in [-0.3, -0.25) is 14.4 Å². The molecule has 0 N–H and O–H groups in total. The van der Waals surface area contributed by atoms with Gasteiger partial charge in [-0.2, -0.15) is 0 Å². The van der Waals surface area contributed by atoms with Crippen LogP contribution in [0.15, 0.2) is 48.6 Å². The minimum Gasteiger partial charge on any atom is -0.493 e. The molecular weight excluding hydrogens is 462 g/mol. The molecule has 8 nitrogen and oxygen atoms in total. The van der Waals surface area contributed by atoms with Crippen LogP contribution in [0.1, 0.15) is 24.5 Å². The molecule has 0 unspecified atom stereocenters. The van der Waals surface area contributed by atoms with E-state index in [1.165, 1.54) is 52.4 Å². The summed E-state index contributed by atoms with van der Waals surface area (Å²) < 4.78 is 21.1. The number of carbonyl (C=O) groups excluding carboxylic acids is 3. The maximum Gasteiger partial charge on any atom is 0.223 e. The third-order valence-electron chi connectivity index (χ3n) is 5.76. The highest BCUT2D eigenvalue weighted by Crippen LogP contribution is 2.31. The van der Waals surface area contributed by atoms with E-state index in [1.807, 2.05) is 0 Å². The summed E-state index contributed by atoms with van der Waals surface area (Å²) in [6.45, 7) is 1.48. The Labute approximate surface area is 212 Å². The van der Waals surface area contributed by atoms with Gasteiger partial charge in [0.1, 0.15) is 5.41 Å². The van der Waals surface area contributed by atoms with E-state index in [2.05, 4.69) is 0 Å². The number of benzene rings is 2. The van der Waals surface area contributed by atoms with Crippen molar-refractivity contribution in [3.8, 4) is 23.0 Å². The molecule has 0 saturated carbocycles. The number of ketones is 2. The molecule has 0 atom stereocenters. The minimum absolute atomic E-state index is 0.274. The van der Waals surface area contributed by atoms with E-state index >= 15 is 0 Å². The lowest BCUT2D eigenvalue weighted by molar-refractivity contribution is -0.142. The zero-order valence-electron chi connectivity index (χ0n) is 21.8. The number of carbonyl (C=O) groups is 3. The number of amides is 1. The van der Waals surface area contributed by atoms with Crippen LogP contribution in [0.4, 0.5) is 0 Å². The molecule has 8 heteroatoms. The fourth-order valence-corrected chi connectivity index (χ4v) is 3.38. The van der Waals surface area contributed by atoms with Crippen LogP contribution in [-0.4, -0.2) is 64.9 Å². The molecule has 0 saturated heterocycles. The smallest absolute Gasteiger partial charge is 0.223 e. The summed E-state index contributed by atoms with van der Waals surface area (Å²) >= 11 is 0. The van der Waals surface area contributed by atoms with Gasteiger partial charge in [-0.15, -0.1) is 0 Å². The first-order chi connectivity index (χ1) is 17.1. The maximum atomic E-state index is 13.3. The van der Waals surface area contributed by atoms with E-state index in [1.54, 1.807) is 62.6 Å². The van der Waals surface area contributed by atoms with Crippen molar-refractivity contribution in [3.05, 3.63) is 59.7 Å². The van der Waals surface area contributed by atoms with E-state index in [4.69, 9.17) is 18.9 Å². The number of methoxy groups -OCH3 is 4. The van der Waals surface area contributed by atoms with Gasteiger partial charge in [0, 0.05) is 20.5 Å². The molecule has 0 aliphatic carbocycles. The Morgan fingerprint density at radius 3 is 1.44 bits per heavy atom. The SMILES string of the molecule is COc1ccc(/C=C/C(=O)C(C)(CC(=O)N(C)C)C(=O)/C=C/c2ccc(OC)c(OC)c2)cc1OC. The van der Waals surface area contributed by atoms with Gasteiger partial charge in [0.05, 0.1) is 28.4 Å². The predicted molar refractivity (Wildman–Crippen MR) is 139 cm³/mol. The normalized spacial score (nSPS) is 11.4. The van der Waals surface area contributed by atoms with Crippen LogP contribution in [-0.2, 0) is 14.4 Å². The van der Waals surface area contributed by atoms with E-state index in [-0.39, 0.29) is 12.3 Å². The van der Waals surface area contributed by atoms with Crippen LogP contribution in [0.3, 0.4) is 0 Å². The molecule has 0 spiro atoms. The lowest BCUT2D eigenvalue weighted by Gasteiger charge is -2.25.